The Kier molecular flexibility index (Phi) is 4.29. The van der Waals surface area contributed by atoms with Gasteiger partial charge in [-0.15, -0.1) is 5.10 Å². The van der Waals surface area contributed by atoms with Gasteiger partial charge in [0.1, 0.15) is 0 Å². The van der Waals surface area contributed by atoms with Gasteiger partial charge in [-0.3, -0.25) is 4.90 Å². The summed E-state index contributed by atoms with van der Waals surface area (Å²) in [6.45, 7) is 7.36. The van der Waals surface area contributed by atoms with E-state index in [0.29, 0.717) is 0 Å². The maximum atomic E-state index is 10.1. The van der Waals surface area contributed by atoms with E-state index in [4.69, 9.17) is 0 Å². The Morgan fingerprint density at radius 1 is 1.28 bits per heavy atom. The molecule has 1 fully saturated rings. The summed E-state index contributed by atoms with van der Waals surface area (Å²) in [4.78, 5) is 2.20. The summed E-state index contributed by atoms with van der Waals surface area (Å²) in [5.74, 6) is 0.905. The van der Waals surface area contributed by atoms with Gasteiger partial charge in [0.25, 0.3) is 0 Å². The minimum absolute atomic E-state index is 0.476. The average Bonchev–Trinajstić information content (AvgIpc) is 2.72. The van der Waals surface area contributed by atoms with Crippen molar-refractivity contribution in [3.8, 4) is 0 Å². The van der Waals surface area contributed by atoms with Gasteiger partial charge in [-0.1, -0.05) is 26.7 Å². The Morgan fingerprint density at radius 3 is 2.72 bits per heavy atom. The summed E-state index contributed by atoms with van der Waals surface area (Å²) in [5.41, 5.74) is -0.476. The molecule has 0 spiro atoms. The number of hydrogen-bond donors (Lipinski definition) is 1. The van der Waals surface area contributed by atoms with Crippen LogP contribution in [0.5, 0.6) is 0 Å². The fraction of sp³-hybridized carbons (Fsp3) is 0.917. The average molecular weight is 253 g/mol. The number of nitrogens with zero attached hydrogens (tertiary/aromatic N) is 5. The number of hydrogen-bond acceptors (Lipinski definition) is 5. The summed E-state index contributed by atoms with van der Waals surface area (Å²) < 4.78 is 1.88. The number of unbranched alkanes of at least 4 members (excludes halogenated alkanes) is 1. The Balaban J connectivity index is 1.83. The zero-order valence-corrected chi connectivity index (χ0v) is 11.3. The number of β-amino-alcohol motifs (C(OH)–C–C–N with tert-alkyl or cyclic N) is 1. The highest BCUT2D eigenvalue weighted by atomic mass is 16.3. The molecule has 0 atom stereocenters. The predicted molar refractivity (Wildman–Crippen MR) is 67.9 cm³/mol. The fourth-order valence-corrected chi connectivity index (χ4v) is 2.54. The first-order valence-corrected chi connectivity index (χ1v) is 6.86. The summed E-state index contributed by atoms with van der Waals surface area (Å²) in [7, 11) is 0. The zero-order chi connectivity index (χ0) is 13.0. The van der Waals surface area contributed by atoms with Crippen LogP contribution in [-0.4, -0.2) is 48.9 Å². The Labute approximate surface area is 108 Å². The van der Waals surface area contributed by atoms with Gasteiger partial charge in [-0.25, -0.2) is 4.68 Å². The summed E-state index contributed by atoms with van der Waals surface area (Å²) >= 11 is 0. The molecule has 1 aliphatic heterocycles. The fourth-order valence-electron chi connectivity index (χ4n) is 2.54. The Bertz CT molecular complexity index is 372. The van der Waals surface area contributed by atoms with E-state index < -0.39 is 5.60 Å². The number of aryl methyl sites for hydroxylation is 1. The van der Waals surface area contributed by atoms with Gasteiger partial charge in [0.2, 0.25) is 0 Å². The van der Waals surface area contributed by atoms with Crippen molar-refractivity contribution < 1.29 is 5.11 Å². The van der Waals surface area contributed by atoms with Crippen LogP contribution in [0.15, 0.2) is 0 Å². The monoisotopic (exact) mass is 253 g/mol. The molecule has 0 aliphatic carbocycles. The number of rotatable bonds is 7. The van der Waals surface area contributed by atoms with Crippen LogP contribution in [-0.2, 0) is 13.1 Å². The van der Waals surface area contributed by atoms with Crippen LogP contribution in [0.3, 0.4) is 0 Å². The SMILES string of the molecule is CCCCn1nnnc1CN1CC(O)(CCC)C1. The first kappa shape index (κ1) is 13.4. The number of likely N-dealkylation sites (tertiary alicyclic amines) is 1. The minimum atomic E-state index is -0.476. The van der Waals surface area contributed by atoms with Gasteiger partial charge in [-0.2, -0.15) is 0 Å². The molecule has 0 bridgehead atoms. The van der Waals surface area contributed by atoms with Crippen LogP contribution in [0.2, 0.25) is 0 Å². The Morgan fingerprint density at radius 2 is 2.06 bits per heavy atom. The lowest BCUT2D eigenvalue weighted by Crippen LogP contribution is -2.61. The largest absolute Gasteiger partial charge is 0.387 e. The normalized spacial score (nSPS) is 18.8. The number of aromatic nitrogens is 4. The highest BCUT2D eigenvalue weighted by molar-refractivity contribution is 4.97. The number of tetrazole rings is 1. The Hall–Kier alpha value is -1.01. The van der Waals surface area contributed by atoms with Crippen molar-refractivity contribution in [2.24, 2.45) is 0 Å². The quantitative estimate of drug-likeness (QED) is 0.779. The zero-order valence-electron chi connectivity index (χ0n) is 11.3. The lowest BCUT2D eigenvalue weighted by atomic mass is 9.89. The van der Waals surface area contributed by atoms with Crippen molar-refractivity contribution in [3.63, 3.8) is 0 Å². The van der Waals surface area contributed by atoms with E-state index in [-0.39, 0.29) is 0 Å². The topological polar surface area (TPSA) is 67.1 Å². The molecular weight excluding hydrogens is 230 g/mol. The third-order valence-corrected chi connectivity index (χ3v) is 3.45. The molecule has 1 saturated heterocycles. The molecular formula is C12H23N5O. The molecule has 1 aromatic heterocycles. The predicted octanol–water partition coefficient (Wildman–Crippen LogP) is 0.820. The highest BCUT2D eigenvalue weighted by Gasteiger charge is 2.40. The van der Waals surface area contributed by atoms with E-state index in [1.54, 1.807) is 0 Å². The molecule has 18 heavy (non-hydrogen) atoms. The molecule has 0 aromatic carbocycles. The van der Waals surface area contributed by atoms with Crippen LogP contribution in [0.25, 0.3) is 0 Å². The van der Waals surface area contributed by atoms with Gasteiger partial charge in [-0.05, 0) is 23.3 Å². The molecule has 0 saturated carbocycles. The van der Waals surface area contributed by atoms with E-state index in [0.717, 1.165) is 57.7 Å². The van der Waals surface area contributed by atoms with E-state index in [9.17, 15) is 5.11 Å². The summed E-state index contributed by atoms with van der Waals surface area (Å²) in [6, 6.07) is 0. The highest BCUT2D eigenvalue weighted by Crippen LogP contribution is 2.26. The van der Waals surface area contributed by atoms with Gasteiger partial charge in [0, 0.05) is 19.6 Å². The van der Waals surface area contributed by atoms with E-state index in [1.165, 1.54) is 0 Å². The molecule has 1 N–H and O–H groups in total. The van der Waals surface area contributed by atoms with Crippen molar-refractivity contribution in [2.75, 3.05) is 13.1 Å². The van der Waals surface area contributed by atoms with Crippen molar-refractivity contribution >= 4 is 0 Å². The standard InChI is InChI=1S/C12H23N5O/c1-3-5-7-17-11(13-14-15-17)8-16-9-12(18,10-16)6-4-2/h18H,3-10H2,1-2H3. The second-order valence-electron chi connectivity index (χ2n) is 5.29. The second-order valence-corrected chi connectivity index (χ2v) is 5.29. The molecule has 0 radical (unpaired) electrons. The third-order valence-electron chi connectivity index (χ3n) is 3.45. The third kappa shape index (κ3) is 3.05. The van der Waals surface area contributed by atoms with Crippen LogP contribution in [0, 0.1) is 0 Å². The molecule has 6 heteroatoms. The molecule has 102 valence electrons. The van der Waals surface area contributed by atoms with Gasteiger partial charge in [0.15, 0.2) is 5.82 Å². The van der Waals surface area contributed by atoms with Gasteiger partial charge >= 0.3 is 0 Å². The molecule has 6 nitrogen and oxygen atoms in total. The van der Waals surface area contributed by atoms with Crippen molar-refractivity contribution in [3.05, 3.63) is 5.82 Å². The molecule has 0 amide bonds. The maximum absolute atomic E-state index is 10.1. The molecule has 0 unspecified atom stereocenters. The molecule has 2 rings (SSSR count). The van der Waals surface area contributed by atoms with E-state index in [2.05, 4.69) is 34.3 Å². The van der Waals surface area contributed by atoms with Crippen LogP contribution in [0.1, 0.15) is 45.4 Å². The minimum Gasteiger partial charge on any atom is -0.387 e. The van der Waals surface area contributed by atoms with Crippen molar-refractivity contribution in [1.82, 2.24) is 25.1 Å². The summed E-state index contributed by atoms with van der Waals surface area (Å²) in [5, 5.41) is 21.9. The first-order valence-electron chi connectivity index (χ1n) is 6.86. The summed E-state index contributed by atoms with van der Waals surface area (Å²) in [6.07, 6.45) is 4.14. The van der Waals surface area contributed by atoms with Crippen LogP contribution < -0.4 is 0 Å². The van der Waals surface area contributed by atoms with Crippen molar-refractivity contribution in [1.29, 1.82) is 0 Å². The van der Waals surface area contributed by atoms with Gasteiger partial charge in [0.05, 0.1) is 12.1 Å². The maximum Gasteiger partial charge on any atom is 0.165 e. The van der Waals surface area contributed by atoms with E-state index >= 15 is 0 Å². The lowest BCUT2D eigenvalue weighted by Gasteiger charge is -2.46. The van der Waals surface area contributed by atoms with Crippen LogP contribution >= 0.6 is 0 Å². The molecule has 2 heterocycles. The van der Waals surface area contributed by atoms with Gasteiger partial charge < -0.3 is 5.11 Å². The smallest absolute Gasteiger partial charge is 0.165 e. The van der Waals surface area contributed by atoms with E-state index in [1.807, 2.05) is 4.68 Å². The lowest BCUT2D eigenvalue weighted by molar-refractivity contribution is -0.107. The van der Waals surface area contributed by atoms with Crippen LogP contribution in [0.4, 0.5) is 0 Å². The number of aliphatic hydroxyl groups is 1. The van der Waals surface area contributed by atoms with Crippen molar-refractivity contribution in [2.45, 2.75) is 58.2 Å². The molecule has 1 aliphatic rings. The first-order chi connectivity index (χ1) is 8.67. The molecule has 1 aromatic rings. The second kappa shape index (κ2) is 5.75.